The molecule has 2 saturated heterocycles. The van der Waals surface area contributed by atoms with Crippen molar-refractivity contribution in [2.45, 2.75) is 26.1 Å². The van der Waals surface area contributed by atoms with E-state index in [1.165, 1.54) is 12.1 Å². The summed E-state index contributed by atoms with van der Waals surface area (Å²) in [5.41, 5.74) is 2.76. The van der Waals surface area contributed by atoms with E-state index in [2.05, 4.69) is 21.6 Å². The van der Waals surface area contributed by atoms with Gasteiger partial charge in [0.1, 0.15) is 5.82 Å². The van der Waals surface area contributed by atoms with Crippen molar-refractivity contribution in [2.75, 3.05) is 45.9 Å². The highest BCUT2D eigenvalue weighted by atomic mass is 35.5. The van der Waals surface area contributed by atoms with Gasteiger partial charge in [-0.1, -0.05) is 23.7 Å². The molecule has 176 valence electrons. The molecule has 4 rings (SSSR count). The van der Waals surface area contributed by atoms with Crippen LogP contribution < -0.4 is 0 Å². The number of allylic oxidation sites excluding steroid dienone is 1. The maximum atomic E-state index is 13.1. The van der Waals surface area contributed by atoms with Crippen LogP contribution in [0.1, 0.15) is 28.4 Å². The fourth-order valence-corrected chi connectivity index (χ4v) is 4.64. The molecule has 0 amide bonds. The summed E-state index contributed by atoms with van der Waals surface area (Å²) in [5.74, 6) is -0.212. The van der Waals surface area contributed by atoms with Crippen LogP contribution in [0.5, 0.6) is 0 Å². The number of hydrogen-bond donors (Lipinski definition) is 0. The third-order valence-corrected chi connectivity index (χ3v) is 6.57. The van der Waals surface area contributed by atoms with Gasteiger partial charge in [0.15, 0.2) is 5.78 Å². The second-order valence-electron chi connectivity index (χ2n) is 8.82. The summed E-state index contributed by atoms with van der Waals surface area (Å²) in [6.45, 7) is 9.43. The second-order valence-corrected chi connectivity index (χ2v) is 9.25. The van der Waals surface area contributed by atoms with Crippen LogP contribution in [-0.4, -0.2) is 72.5 Å². The number of morpholine rings is 1. The quantitative estimate of drug-likeness (QED) is 0.446. The van der Waals surface area contributed by atoms with Gasteiger partial charge in [0.2, 0.25) is 0 Å². The minimum absolute atomic E-state index is 0.00383. The molecule has 2 heterocycles. The molecular weight excluding hydrogens is 441 g/mol. The molecule has 2 aromatic rings. The van der Waals surface area contributed by atoms with Gasteiger partial charge in [-0.3, -0.25) is 14.6 Å². The van der Waals surface area contributed by atoms with E-state index in [-0.39, 0.29) is 17.6 Å². The van der Waals surface area contributed by atoms with Crippen molar-refractivity contribution in [2.24, 2.45) is 0 Å². The fourth-order valence-electron chi connectivity index (χ4n) is 4.45. The number of piperazine rings is 1. The first-order valence-corrected chi connectivity index (χ1v) is 11.9. The molecule has 33 heavy (non-hydrogen) atoms. The molecule has 0 radical (unpaired) electrons. The van der Waals surface area contributed by atoms with Crippen LogP contribution in [0.15, 0.2) is 54.7 Å². The van der Waals surface area contributed by atoms with Crippen molar-refractivity contribution < 1.29 is 13.9 Å². The summed E-state index contributed by atoms with van der Waals surface area (Å²) in [6.07, 6.45) is 3.60. The van der Waals surface area contributed by atoms with E-state index in [1.807, 2.05) is 30.5 Å². The van der Waals surface area contributed by atoms with Gasteiger partial charge in [-0.05, 0) is 48.4 Å². The molecule has 7 heteroatoms. The highest BCUT2D eigenvalue weighted by molar-refractivity contribution is 6.30. The first-order valence-electron chi connectivity index (χ1n) is 11.5. The standard InChI is InChI=1S/C26H31ClFN3O2/c1-20-17-30(18-21-2-5-24(28)6-3-21)10-11-31(20)9-8-26(32)25-7-4-23(27)16-22(25)19-29-12-14-33-15-13-29/h2-9,16,20H,10-15,17-19H2,1H3/b9-8+. The lowest BCUT2D eigenvalue weighted by atomic mass is 10.0. The van der Waals surface area contributed by atoms with E-state index in [0.717, 1.165) is 63.6 Å². The maximum Gasteiger partial charge on any atom is 0.187 e. The fraction of sp³-hybridized carbons (Fsp3) is 0.423. The van der Waals surface area contributed by atoms with Gasteiger partial charge in [-0.2, -0.15) is 0 Å². The van der Waals surface area contributed by atoms with Crippen LogP contribution >= 0.6 is 11.6 Å². The number of ether oxygens (including phenoxy) is 1. The molecule has 1 atom stereocenters. The topological polar surface area (TPSA) is 36.0 Å². The maximum absolute atomic E-state index is 13.1. The number of hydrogen-bond acceptors (Lipinski definition) is 5. The minimum Gasteiger partial charge on any atom is -0.379 e. The molecule has 2 aliphatic heterocycles. The smallest absolute Gasteiger partial charge is 0.187 e. The zero-order chi connectivity index (χ0) is 23.2. The van der Waals surface area contributed by atoms with E-state index >= 15 is 0 Å². The third-order valence-electron chi connectivity index (χ3n) is 6.33. The van der Waals surface area contributed by atoms with Crippen LogP contribution in [0.3, 0.4) is 0 Å². The van der Waals surface area contributed by atoms with Gasteiger partial charge in [0, 0.05) is 74.7 Å². The molecule has 0 bridgehead atoms. The third kappa shape index (κ3) is 6.64. The first-order chi connectivity index (χ1) is 16.0. The number of halogens is 2. The van der Waals surface area contributed by atoms with Crippen molar-refractivity contribution >= 4 is 17.4 Å². The monoisotopic (exact) mass is 471 g/mol. The van der Waals surface area contributed by atoms with Crippen LogP contribution in [0, 0.1) is 5.82 Å². The van der Waals surface area contributed by atoms with Gasteiger partial charge in [0.05, 0.1) is 13.2 Å². The average molecular weight is 472 g/mol. The SMILES string of the molecule is CC1CN(Cc2ccc(F)cc2)CCN1/C=C/C(=O)c1ccc(Cl)cc1CN1CCOCC1. The number of nitrogens with zero attached hydrogens (tertiary/aromatic N) is 3. The summed E-state index contributed by atoms with van der Waals surface area (Å²) in [5, 5.41) is 0.643. The van der Waals surface area contributed by atoms with E-state index in [1.54, 1.807) is 12.1 Å². The summed E-state index contributed by atoms with van der Waals surface area (Å²) in [4.78, 5) is 19.9. The Labute approximate surface area is 200 Å². The molecule has 0 N–H and O–H groups in total. The normalized spacial score (nSPS) is 20.5. The molecule has 5 nitrogen and oxygen atoms in total. The van der Waals surface area contributed by atoms with Crippen molar-refractivity contribution in [3.8, 4) is 0 Å². The molecule has 1 unspecified atom stereocenters. The lowest BCUT2D eigenvalue weighted by molar-refractivity contribution is 0.0341. The molecule has 0 aliphatic carbocycles. The summed E-state index contributed by atoms with van der Waals surface area (Å²) in [7, 11) is 0. The van der Waals surface area contributed by atoms with Gasteiger partial charge in [-0.15, -0.1) is 0 Å². The Hall–Kier alpha value is -2.25. The van der Waals surface area contributed by atoms with Crippen molar-refractivity contribution in [1.82, 2.24) is 14.7 Å². The largest absolute Gasteiger partial charge is 0.379 e. The predicted molar refractivity (Wildman–Crippen MR) is 129 cm³/mol. The van der Waals surface area contributed by atoms with Crippen LogP contribution in [-0.2, 0) is 17.8 Å². The van der Waals surface area contributed by atoms with E-state index in [9.17, 15) is 9.18 Å². The van der Waals surface area contributed by atoms with Gasteiger partial charge < -0.3 is 9.64 Å². The zero-order valence-electron chi connectivity index (χ0n) is 19.1. The average Bonchev–Trinajstić information content (AvgIpc) is 2.81. The van der Waals surface area contributed by atoms with E-state index in [0.29, 0.717) is 17.1 Å². The molecule has 0 aromatic heterocycles. The Kier molecular flexibility index (Phi) is 8.15. The van der Waals surface area contributed by atoms with Crippen LogP contribution in [0.25, 0.3) is 0 Å². The minimum atomic E-state index is -0.208. The lowest BCUT2D eigenvalue weighted by Crippen LogP contribution is -2.49. The Balaban J connectivity index is 1.36. The van der Waals surface area contributed by atoms with Gasteiger partial charge in [-0.25, -0.2) is 4.39 Å². The van der Waals surface area contributed by atoms with Gasteiger partial charge >= 0.3 is 0 Å². The lowest BCUT2D eigenvalue weighted by Gasteiger charge is -2.39. The molecule has 0 saturated carbocycles. The van der Waals surface area contributed by atoms with E-state index in [4.69, 9.17) is 16.3 Å². The summed E-state index contributed by atoms with van der Waals surface area (Å²) >= 11 is 6.23. The Bertz CT molecular complexity index is 976. The highest BCUT2D eigenvalue weighted by Crippen LogP contribution is 2.20. The molecular formula is C26H31ClFN3O2. The molecule has 2 aliphatic rings. The van der Waals surface area contributed by atoms with Crippen molar-refractivity contribution in [1.29, 1.82) is 0 Å². The Morgan fingerprint density at radius 1 is 1.06 bits per heavy atom. The number of carbonyl (C=O) groups excluding carboxylic acids is 1. The summed E-state index contributed by atoms with van der Waals surface area (Å²) < 4.78 is 18.6. The summed E-state index contributed by atoms with van der Waals surface area (Å²) in [6, 6.07) is 12.5. The molecule has 2 fully saturated rings. The predicted octanol–water partition coefficient (Wildman–Crippen LogP) is 4.21. The number of rotatable bonds is 7. The second kappa shape index (κ2) is 11.3. The van der Waals surface area contributed by atoms with Gasteiger partial charge in [0.25, 0.3) is 0 Å². The highest BCUT2D eigenvalue weighted by Gasteiger charge is 2.22. The van der Waals surface area contributed by atoms with Crippen LogP contribution in [0.2, 0.25) is 5.02 Å². The number of carbonyl (C=O) groups is 1. The Morgan fingerprint density at radius 3 is 2.55 bits per heavy atom. The van der Waals surface area contributed by atoms with E-state index < -0.39 is 0 Å². The Morgan fingerprint density at radius 2 is 1.82 bits per heavy atom. The van der Waals surface area contributed by atoms with Crippen molar-refractivity contribution in [3.05, 3.63) is 82.3 Å². The number of benzene rings is 2. The first kappa shape index (κ1) is 23.9. The molecule has 2 aromatic carbocycles. The zero-order valence-corrected chi connectivity index (χ0v) is 19.8. The number of ketones is 1. The van der Waals surface area contributed by atoms with Crippen LogP contribution in [0.4, 0.5) is 4.39 Å². The molecule has 0 spiro atoms. The van der Waals surface area contributed by atoms with Crippen molar-refractivity contribution in [3.63, 3.8) is 0 Å².